The van der Waals surface area contributed by atoms with Crippen LogP contribution < -0.4 is 0 Å². The first-order valence-corrected chi connectivity index (χ1v) is 3.68. The van der Waals surface area contributed by atoms with Gasteiger partial charge in [-0.3, -0.25) is 0 Å². The molecule has 1 N–H and O–H groups in total. The Kier molecular flexibility index (Phi) is 3.11. The largest absolute Gasteiger partial charge is 0.392 e. The molecule has 0 aliphatic heterocycles. The predicted molar refractivity (Wildman–Crippen MR) is 40.1 cm³/mol. The topological polar surface area (TPSA) is 33.1 Å². The summed E-state index contributed by atoms with van der Waals surface area (Å²) in [5.41, 5.74) is -0.939. The SMILES string of the molecule is OCc1cc(Cl)c(F)nc1C(F)F. The van der Waals surface area contributed by atoms with Crippen LogP contribution in [0.15, 0.2) is 6.07 Å². The quantitative estimate of drug-likeness (QED) is 0.762. The van der Waals surface area contributed by atoms with Gasteiger partial charge in [0.1, 0.15) is 5.69 Å². The molecule has 1 heterocycles. The van der Waals surface area contributed by atoms with E-state index < -0.39 is 24.7 Å². The molecule has 0 atom stereocenters. The molecular weight excluding hydrogens is 207 g/mol. The summed E-state index contributed by atoms with van der Waals surface area (Å²) in [4.78, 5) is 2.93. The molecule has 0 fully saturated rings. The van der Waals surface area contributed by atoms with Gasteiger partial charge in [-0.1, -0.05) is 11.6 Å². The lowest BCUT2D eigenvalue weighted by atomic mass is 10.2. The van der Waals surface area contributed by atoms with E-state index in [1.807, 2.05) is 0 Å². The number of aliphatic hydroxyl groups excluding tert-OH is 1. The number of aliphatic hydroxyl groups is 1. The van der Waals surface area contributed by atoms with Gasteiger partial charge in [-0.25, -0.2) is 13.8 Å². The molecule has 72 valence electrons. The van der Waals surface area contributed by atoms with Crippen LogP contribution in [0.25, 0.3) is 0 Å². The van der Waals surface area contributed by atoms with Crippen molar-refractivity contribution in [1.29, 1.82) is 0 Å². The van der Waals surface area contributed by atoms with Crippen molar-refractivity contribution in [2.24, 2.45) is 0 Å². The standard InChI is InChI=1S/C7H5ClF3NO/c8-4-1-3(2-13)5(6(9)10)12-7(4)11/h1,6,13H,2H2. The predicted octanol–water partition coefficient (Wildman–Crippen LogP) is 2.30. The van der Waals surface area contributed by atoms with Crippen molar-refractivity contribution >= 4 is 11.6 Å². The van der Waals surface area contributed by atoms with E-state index in [1.54, 1.807) is 0 Å². The molecular formula is C7H5ClF3NO. The van der Waals surface area contributed by atoms with E-state index in [1.165, 1.54) is 0 Å². The number of hydrogen-bond acceptors (Lipinski definition) is 2. The zero-order valence-corrected chi connectivity index (χ0v) is 7.02. The fourth-order valence-corrected chi connectivity index (χ4v) is 1.01. The third-order valence-corrected chi connectivity index (χ3v) is 1.69. The highest BCUT2D eigenvalue weighted by atomic mass is 35.5. The molecule has 1 aromatic rings. The number of hydrogen-bond donors (Lipinski definition) is 1. The summed E-state index contributed by atoms with van der Waals surface area (Å²) in [6, 6.07) is 0.936. The Hall–Kier alpha value is -0.810. The number of aromatic nitrogens is 1. The van der Waals surface area contributed by atoms with Crippen molar-refractivity contribution in [3.8, 4) is 0 Å². The average molecular weight is 212 g/mol. The average Bonchev–Trinajstić information content (AvgIpc) is 2.08. The lowest BCUT2D eigenvalue weighted by Gasteiger charge is -2.05. The van der Waals surface area contributed by atoms with Crippen LogP contribution >= 0.6 is 11.6 Å². The summed E-state index contributed by atoms with van der Waals surface area (Å²) >= 11 is 5.28. The second kappa shape index (κ2) is 3.93. The van der Waals surface area contributed by atoms with Crippen LogP contribution in [0, 0.1) is 5.95 Å². The maximum Gasteiger partial charge on any atom is 0.280 e. The summed E-state index contributed by atoms with van der Waals surface area (Å²) in [6.45, 7) is -0.646. The van der Waals surface area contributed by atoms with Crippen molar-refractivity contribution < 1.29 is 18.3 Å². The third kappa shape index (κ3) is 2.10. The molecule has 0 spiro atoms. The molecule has 1 aromatic heterocycles. The van der Waals surface area contributed by atoms with Gasteiger partial charge in [-0.2, -0.15) is 4.39 Å². The number of rotatable bonds is 2. The number of pyridine rings is 1. The van der Waals surface area contributed by atoms with Crippen molar-refractivity contribution in [3.63, 3.8) is 0 Å². The smallest absolute Gasteiger partial charge is 0.280 e. The van der Waals surface area contributed by atoms with Crippen molar-refractivity contribution in [2.75, 3.05) is 0 Å². The van der Waals surface area contributed by atoms with Crippen molar-refractivity contribution in [1.82, 2.24) is 4.98 Å². The lowest BCUT2D eigenvalue weighted by Crippen LogP contribution is -2.01. The Labute approximate surface area is 77.0 Å². The van der Waals surface area contributed by atoms with Gasteiger partial charge in [-0.15, -0.1) is 0 Å². The van der Waals surface area contributed by atoms with E-state index in [0.29, 0.717) is 0 Å². The van der Waals surface area contributed by atoms with Crippen LogP contribution in [0.4, 0.5) is 13.2 Å². The summed E-state index contributed by atoms with van der Waals surface area (Å²) in [7, 11) is 0. The molecule has 0 bridgehead atoms. The first-order valence-electron chi connectivity index (χ1n) is 3.30. The molecule has 6 heteroatoms. The number of halogens is 4. The molecule has 1 rings (SSSR count). The van der Waals surface area contributed by atoms with Gasteiger partial charge >= 0.3 is 0 Å². The van der Waals surface area contributed by atoms with Gasteiger partial charge in [0.25, 0.3) is 6.43 Å². The van der Waals surface area contributed by atoms with Crippen LogP contribution in [0.3, 0.4) is 0 Å². The minimum Gasteiger partial charge on any atom is -0.392 e. The van der Waals surface area contributed by atoms with Gasteiger partial charge in [-0.05, 0) is 6.07 Å². The molecule has 0 amide bonds. The van der Waals surface area contributed by atoms with Gasteiger partial charge < -0.3 is 5.11 Å². The second-order valence-electron chi connectivity index (χ2n) is 2.26. The fraction of sp³-hybridized carbons (Fsp3) is 0.286. The van der Waals surface area contributed by atoms with E-state index in [4.69, 9.17) is 16.7 Å². The minimum atomic E-state index is -2.92. The summed E-state index contributed by atoms with van der Waals surface area (Å²) in [6.07, 6.45) is -2.92. The highest BCUT2D eigenvalue weighted by Crippen LogP contribution is 2.24. The highest BCUT2D eigenvalue weighted by molar-refractivity contribution is 6.30. The first kappa shape index (κ1) is 10.3. The Morgan fingerprint density at radius 3 is 2.62 bits per heavy atom. The molecule has 0 saturated heterocycles. The van der Waals surface area contributed by atoms with E-state index in [2.05, 4.69) is 4.98 Å². The number of nitrogens with zero attached hydrogens (tertiary/aromatic N) is 1. The zero-order chi connectivity index (χ0) is 10.0. The van der Waals surface area contributed by atoms with Crippen LogP contribution in [-0.4, -0.2) is 10.1 Å². The molecule has 0 aliphatic rings. The van der Waals surface area contributed by atoms with Gasteiger partial charge in [0.2, 0.25) is 5.95 Å². The summed E-state index contributed by atoms with van der Waals surface area (Å²) in [5.74, 6) is -1.16. The Morgan fingerprint density at radius 2 is 2.15 bits per heavy atom. The summed E-state index contributed by atoms with van der Waals surface area (Å²) in [5, 5.41) is 8.25. The van der Waals surface area contributed by atoms with Crippen molar-refractivity contribution in [2.45, 2.75) is 13.0 Å². The van der Waals surface area contributed by atoms with Gasteiger partial charge in [0.15, 0.2) is 0 Å². The molecule has 0 saturated carbocycles. The molecule has 0 aromatic carbocycles. The Morgan fingerprint density at radius 1 is 1.54 bits per heavy atom. The lowest BCUT2D eigenvalue weighted by molar-refractivity contribution is 0.140. The Balaban J connectivity index is 3.25. The third-order valence-electron chi connectivity index (χ3n) is 1.42. The Bertz CT molecular complexity index is 319. The molecule has 0 unspecified atom stereocenters. The highest BCUT2D eigenvalue weighted by Gasteiger charge is 2.17. The fourth-order valence-electron chi connectivity index (χ4n) is 0.833. The normalized spacial score (nSPS) is 10.9. The summed E-state index contributed by atoms with van der Waals surface area (Å²) < 4.78 is 36.9. The maximum atomic E-state index is 12.6. The molecule has 0 radical (unpaired) electrons. The van der Waals surface area contributed by atoms with Gasteiger partial charge in [0, 0.05) is 5.56 Å². The van der Waals surface area contributed by atoms with E-state index in [-0.39, 0.29) is 10.6 Å². The van der Waals surface area contributed by atoms with E-state index >= 15 is 0 Å². The van der Waals surface area contributed by atoms with E-state index in [9.17, 15) is 13.2 Å². The minimum absolute atomic E-state index is 0.165. The maximum absolute atomic E-state index is 12.6. The van der Waals surface area contributed by atoms with Crippen molar-refractivity contribution in [3.05, 3.63) is 28.3 Å². The molecule has 0 aliphatic carbocycles. The number of alkyl halides is 2. The van der Waals surface area contributed by atoms with Crippen LogP contribution in [0.5, 0.6) is 0 Å². The van der Waals surface area contributed by atoms with E-state index in [0.717, 1.165) is 6.07 Å². The zero-order valence-electron chi connectivity index (χ0n) is 6.27. The van der Waals surface area contributed by atoms with Crippen LogP contribution in [0.2, 0.25) is 5.02 Å². The first-order chi connectivity index (χ1) is 6.06. The van der Waals surface area contributed by atoms with Gasteiger partial charge in [0.05, 0.1) is 11.6 Å². The molecule has 2 nitrogen and oxygen atoms in total. The van der Waals surface area contributed by atoms with Crippen LogP contribution in [-0.2, 0) is 6.61 Å². The second-order valence-corrected chi connectivity index (χ2v) is 2.67. The van der Waals surface area contributed by atoms with Crippen LogP contribution in [0.1, 0.15) is 17.7 Å². The monoisotopic (exact) mass is 211 g/mol. The molecule has 13 heavy (non-hydrogen) atoms.